The molecule has 3 aromatic carbocycles. The van der Waals surface area contributed by atoms with Gasteiger partial charge in [-0.3, -0.25) is 9.80 Å². The van der Waals surface area contributed by atoms with Crippen LogP contribution in [0.2, 0.25) is 0 Å². The SMILES string of the molecule is Cl.Cl.N#Cc1ccc(CN2CCC(Oc3ccc4c(c3)CCCN(Cc3ccccc3)C4)CC2)cc1. The third-order valence-corrected chi connectivity index (χ3v) is 7.07. The van der Waals surface area contributed by atoms with Crippen LogP contribution < -0.4 is 4.74 Å². The first-order valence-electron chi connectivity index (χ1n) is 12.5. The van der Waals surface area contributed by atoms with Gasteiger partial charge in [-0.2, -0.15) is 5.26 Å². The van der Waals surface area contributed by atoms with Gasteiger partial charge in [-0.05, 0) is 78.7 Å². The van der Waals surface area contributed by atoms with Crippen LogP contribution in [-0.4, -0.2) is 35.5 Å². The first kappa shape index (κ1) is 28.0. The van der Waals surface area contributed by atoms with E-state index in [4.69, 9.17) is 10.00 Å². The van der Waals surface area contributed by atoms with Gasteiger partial charge in [0, 0.05) is 32.7 Å². The molecule has 0 aliphatic carbocycles. The van der Waals surface area contributed by atoms with Gasteiger partial charge in [0.15, 0.2) is 0 Å². The summed E-state index contributed by atoms with van der Waals surface area (Å²) in [6, 6.07) is 27.7. The Bertz CT molecular complexity index is 1120. The largest absolute Gasteiger partial charge is 0.490 e. The molecule has 0 spiro atoms. The van der Waals surface area contributed by atoms with Gasteiger partial charge >= 0.3 is 0 Å². The van der Waals surface area contributed by atoms with E-state index in [-0.39, 0.29) is 30.9 Å². The summed E-state index contributed by atoms with van der Waals surface area (Å²) in [6.45, 7) is 6.19. The number of piperidine rings is 1. The molecular weight excluding hydrogens is 489 g/mol. The Balaban J connectivity index is 0.00000180. The maximum absolute atomic E-state index is 8.97. The first-order valence-corrected chi connectivity index (χ1v) is 12.5. The predicted octanol–water partition coefficient (Wildman–Crippen LogP) is 6.39. The van der Waals surface area contributed by atoms with Crippen LogP contribution in [0.3, 0.4) is 0 Å². The van der Waals surface area contributed by atoms with Crippen molar-refractivity contribution in [1.29, 1.82) is 5.26 Å². The maximum atomic E-state index is 8.97. The van der Waals surface area contributed by atoms with Crippen molar-refractivity contribution in [2.75, 3.05) is 19.6 Å². The molecule has 5 rings (SSSR count). The van der Waals surface area contributed by atoms with Crippen molar-refractivity contribution in [1.82, 2.24) is 9.80 Å². The summed E-state index contributed by atoms with van der Waals surface area (Å²) >= 11 is 0. The van der Waals surface area contributed by atoms with Crippen LogP contribution in [0, 0.1) is 11.3 Å². The van der Waals surface area contributed by atoms with E-state index >= 15 is 0 Å². The number of nitrogens with zero attached hydrogens (tertiary/aromatic N) is 3. The zero-order valence-corrected chi connectivity index (χ0v) is 22.3. The molecule has 2 aliphatic rings. The lowest BCUT2D eigenvalue weighted by Crippen LogP contribution is -2.37. The van der Waals surface area contributed by atoms with Gasteiger partial charge in [0.2, 0.25) is 0 Å². The number of aryl methyl sites for hydroxylation is 1. The molecule has 190 valence electrons. The van der Waals surface area contributed by atoms with E-state index in [1.807, 2.05) is 12.1 Å². The molecule has 0 unspecified atom stereocenters. The molecular formula is C30H35Cl2N3O. The van der Waals surface area contributed by atoms with Crippen LogP contribution in [0.25, 0.3) is 0 Å². The molecule has 1 fully saturated rings. The number of rotatable bonds is 6. The van der Waals surface area contributed by atoms with Gasteiger partial charge in [0.05, 0.1) is 11.6 Å². The van der Waals surface area contributed by atoms with Gasteiger partial charge < -0.3 is 4.74 Å². The molecule has 6 heteroatoms. The summed E-state index contributed by atoms with van der Waals surface area (Å²) in [4.78, 5) is 5.05. The van der Waals surface area contributed by atoms with Crippen molar-refractivity contribution in [3.8, 4) is 11.8 Å². The first-order chi connectivity index (χ1) is 16.7. The normalized spacial score (nSPS) is 16.5. The topological polar surface area (TPSA) is 39.5 Å². The van der Waals surface area contributed by atoms with Gasteiger partial charge in [-0.25, -0.2) is 0 Å². The summed E-state index contributed by atoms with van der Waals surface area (Å²) in [6.07, 6.45) is 4.71. The molecule has 2 heterocycles. The maximum Gasteiger partial charge on any atom is 0.120 e. The van der Waals surface area contributed by atoms with E-state index in [0.29, 0.717) is 0 Å². The Labute approximate surface area is 227 Å². The predicted molar refractivity (Wildman–Crippen MR) is 150 cm³/mol. The highest BCUT2D eigenvalue weighted by Crippen LogP contribution is 2.27. The fourth-order valence-corrected chi connectivity index (χ4v) is 5.17. The van der Waals surface area contributed by atoms with Gasteiger partial charge in [0.25, 0.3) is 0 Å². The molecule has 36 heavy (non-hydrogen) atoms. The van der Waals surface area contributed by atoms with Crippen molar-refractivity contribution in [3.63, 3.8) is 0 Å². The summed E-state index contributed by atoms with van der Waals surface area (Å²) in [5, 5.41) is 8.97. The molecule has 1 saturated heterocycles. The Morgan fingerprint density at radius 3 is 2.19 bits per heavy atom. The van der Waals surface area contributed by atoms with Crippen LogP contribution in [0.15, 0.2) is 72.8 Å². The number of likely N-dealkylation sites (tertiary alicyclic amines) is 1. The lowest BCUT2D eigenvalue weighted by molar-refractivity contribution is 0.0967. The van der Waals surface area contributed by atoms with Gasteiger partial charge in [0.1, 0.15) is 11.9 Å². The third-order valence-electron chi connectivity index (χ3n) is 7.07. The minimum absolute atomic E-state index is 0. The van der Waals surface area contributed by atoms with Crippen LogP contribution in [0.1, 0.15) is 47.1 Å². The quantitative estimate of drug-likeness (QED) is 0.375. The smallest absolute Gasteiger partial charge is 0.120 e. The van der Waals surface area contributed by atoms with Crippen molar-refractivity contribution in [2.24, 2.45) is 0 Å². The zero-order chi connectivity index (χ0) is 23.2. The van der Waals surface area contributed by atoms with E-state index in [1.165, 1.54) is 28.7 Å². The Hall–Kier alpha value is -2.55. The van der Waals surface area contributed by atoms with E-state index in [2.05, 4.69) is 76.5 Å². The molecule has 0 amide bonds. The molecule has 2 aliphatic heterocycles. The molecule has 0 aromatic heterocycles. The minimum atomic E-state index is 0. The van der Waals surface area contributed by atoms with Gasteiger partial charge in [-0.1, -0.05) is 48.5 Å². The van der Waals surface area contributed by atoms with Crippen molar-refractivity contribution in [3.05, 3.63) is 101 Å². The summed E-state index contributed by atoms with van der Waals surface area (Å²) in [5.41, 5.74) is 6.27. The number of halogens is 2. The molecule has 4 nitrogen and oxygen atoms in total. The van der Waals surface area contributed by atoms with Crippen molar-refractivity contribution < 1.29 is 4.74 Å². The second kappa shape index (κ2) is 13.7. The fraction of sp³-hybridized carbons (Fsp3) is 0.367. The van der Waals surface area contributed by atoms with Crippen LogP contribution in [-0.2, 0) is 26.1 Å². The monoisotopic (exact) mass is 523 g/mol. The van der Waals surface area contributed by atoms with E-state index in [1.54, 1.807) is 0 Å². The van der Waals surface area contributed by atoms with E-state index in [0.717, 1.165) is 69.8 Å². The van der Waals surface area contributed by atoms with E-state index in [9.17, 15) is 0 Å². The number of fused-ring (bicyclic) bond motifs is 1. The summed E-state index contributed by atoms with van der Waals surface area (Å²) < 4.78 is 6.44. The number of hydrogen-bond donors (Lipinski definition) is 0. The Kier molecular flexibility index (Phi) is 10.6. The van der Waals surface area contributed by atoms with Crippen LogP contribution in [0.4, 0.5) is 0 Å². The second-order valence-electron chi connectivity index (χ2n) is 9.63. The standard InChI is InChI=1S/C30H33N3O.2ClH/c31-20-24-8-10-26(11-9-24)21-32-17-14-29(15-18-32)34-30-13-12-28-23-33(16-4-7-27(28)19-30)22-25-5-2-1-3-6-25;;/h1-3,5-6,8-13,19,29H,4,7,14-18,21-23H2;2*1H. The Morgan fingerprint density at radius 2 is 1.47 bits per heavy atom. The molecule has 3 aromatic rings. The number of benzene rings is 3. The highest BCUT2D eigenvalue weighted by molar-refractivity contribution is 5.85. The second-order valence-corrected chi connectivity index (χ2v) is 9.63. The molecule has 0 N–H and O–H groups in total. The number of hydrogen-bond acceptors (Lipinski definition) is 4. The van der Waals surface area contributed by atoms with E-state index < -0.39 is 0 Å². The highest BCUT2D eigenvalue weighted by atomic mass is 35.5. The molecule has 0 saturated carbocycles. The third kappa shape index (κ3) is 7.48. The van der Waals surface area contributed by atoms with Crippen LogP contribution in [0.5, 0.6) is 5.75 Å². The highest BCUT2D eigenvalue weighted by Gasteiger charge is 2.22. The zero-order valence-electron chi connectivity index (χ0n) is 20.6. The fourth-order valence-electron chi connectivity index (χ4n) is 5.17. The lowest BCUT2D eigenvalue weighted by Gasteiger charge is -2.32. The minimum Gasteiger partial charge on any atom is -0.490 e. The molecule has 0 bridgehead atoms. The number of ether oxygens (including phenoxy) is 1. The molecule has 0 radical (unpaired) electrons. The summed E-state index contributed by atoms with van der Waals surface area (Å²) in [5.74, 6) is 1.03. The molecule has 0 atom stereocenters. The summed E-state index contributed by atoms with van der Waals surface area (Å²) in [7, 11) is 0. The average molecular weight is 525 g/mol. The Morgan fingerprint density at radius 1 is 0.778 bits per heavy atom. The van der Waals surface area contributed by atoms with Crippen molar-refractivity contribution in [2.45, 2.75) is 51.4 Å². The van der Waals surface area contributed by atoms with Crippen LogP contribution >= 0.6 is 24.8 Å². The van der Waals surface area contributed by atoms with Gasteiger partial charge in [-0.15, -0.1) is 24.8 Å². The lowest BCUT2D eigenvalue weighted by atomic mass is 10.0. The number of nitriles is 1. The average Bonchev–Trinajstić information content (AvgIpc) is 3.08. The van der Waals surface area contributed by atoms with Crippen molar-refractivity contribution >= 4 is 24.8 Å².